The molecule has 0 radical (unpaired) electrons. The topological polar surface area (TPSA) is 12.0 Å². The SMILES string of the molecule is Fc1ccc(C2CCC2CNC2CC2)cc1C(F)(F)F. The highest BCUT2D eigenvalue weighted by Gasteiger charge is 2.37. The van der Waals surface area contributed by atoms with E-state index in [1.165, 1.54) is 18.9 Å². The highest BCUT2D eigenvalue weighted by atomic mass is 19.4. The summed E-state index contributed by atoms with van der Waals surface area (Å²) in [6.07, 6.45) is -0.299. The molecule has 3 rings (SSSR count). The largest absolute Gasteiger partial charge is 0.419 e. The molecular formula is C15H17F4N. The predicted molar refractivity (Wildman–Crippen MR) is 67.9 cm³/mol. The zero-order valence-corrected chi connectivity index (χ0v) is 11.0. The Morgan fingerprint density at radius 1 is 1.10 bits per heavy atom. The van der Waals surface area contributed by atoms with E-state index in [0.717, 1.165) is 31.5 Å². The van der Waals surface area contributed by atoms with Crippen LogP contribution >= 0.6 is 0 Å². The van der Waals surface area contributed by atoms with Gasteiger partial charge in [-0.05, 0) is 61.8 Å². The van der Waals surface area contributed by atoms with Crippen LogP contribution in [0.5, 0.6) is 0 Å². The van der Waals surface area contributed by atoms with Crippen molar-refractivity contribution in [3.8, 4) is 0 Å². The van der Waals surface area contributed by atoms with Crippen molar-refractivity contribution in [1.29, 1.82) is 0 Å². The van der Waals surface area contributed by atoms with E-state index in [4.69, 9.17) is 0 Å². The molecule has 0 aliphatic heterocycles. The van der Waals surface area contributed by atoms with Crippen LogP contribution in [0.2, 0.25) is 0 Å². The number of halogens is 4. The molecule has 20 heavy (non-hydrogen) atoms. The molecule has 5 heteroatoms. The third-order valence-electron chi connectivity index (χ3n) is 4.39. The molecule has 2 aliphatic carbocycles. The van der Waals surface area contributed by atoms with Gasteiger partial charge in [0.1, 0.15) is 5.82 Å². The standard InChI is InChI=1S/C15H17F4N/c16-14-6-2-9(7-13(14)15(17,18)19)12-5-1-10(12)8-20-11-3-4-11/h2,6-7,10-12,20H,1,3-5,8H2. The second kappa shape index (κ2) is 5.02. The lowest BCUT2D eigenvalue weighted by Crippen LogP contribution is -2.34. The molecule has 2 fully saturated rings. The molecule has 1 nitrogen and oxygen atoms in total. The molecule has 1 N–H and O–H groups in total. The first-order chi connectivity index (χ1) is 9.45. The quantitative estimate of drug-likeness (QED) is 0.822. The first kappa shape index (κ1) is 13.9. The van der Waals surface area contributed by atoms with Crippen LogP contribution < -0.4 is 5.32 Å². The molecule has 0 saturated heterocycles. The third kappa shape index (κ3) is 2.82. The van der Waals surface area contributed by atoms with Crippen LogP contribution in [0.3, 0.4) is 0 Å². The summed E-state index contributed by atoms with van der Waals surface area (Å²) in [5.41, 5.74) is -0.525. The van der Waals surface area contributed by atoms with Gasteiger partial charge in [-0.3, -0.25) is 0 Å². The Hall–Kier alpha value is -1.10. The van der Waals surface area contributed by atoms with Gasteiger partial charge in [0, 0.05) is 6.04 Å². The lowest BCUT2D eigenvalue weighted by Gasteiger charge is -2.37. The molecule has 2 atom stereocenters. The Morgan fingerprint density at radius 2 is 1.85 bits per heavy atom. The van der Waals surface area contributed by atoms with Gasteiger partial charge in [-0.25, -0.2) is 4.39 Å². The Kier molecular flexibility index (Phi) is 3.48. The average molecular weight is 287 g/mol. The van der Waals surface area contributed by atoms with Gasteiger partial charge in [-0.1, -0.05) is 6.07 Å². The maximum atomic E-state index is 13.3. The van der Waals surface area contributed by atoms with Crippen molar-refractivity contribution in [1.82, 2.24) is 5.32 Å². The molecule has 1 aromatic carbocycles. The number of rotatable bonds is 4. The summed E-state index contributed by atoms with van der Waals surface area (Å²) in [6.45, 7) is 0.855. The van der Waals surface area contributed by atoms with E-state index >= 15 is 0 Å². The second-order valence-electron chi connectivity index (χ2n) is 5.86. The van der Waals surface area contributed by atoms with E-state index in [2.05, 4.69) is 5.32 Å². The molecule has 2 unspecified atom stereocenters. The van der Waals surface area contributed by atoms with Gasteiger partial charge in [-0.15, -0.1) is 0 Å². The van der Waals surface area contributed by atoms with E-state index in [0.29, 0.717) is 17.5 Å². The predicted octanol–water partition coefficient (Wildman–Crippen LogP) is 4.09. The van der Waals surface area contributed by atoms with Crippen LogP contribution in [0, 0.1) is 11.7 Å². The lowest BCUT2D eigenvalue weighted by molar-refractivity contribution is -0.140. The van der Waals surface area contributed by atoms with Gasteiger partial charge in [0.2, 0.25) is 0 Å². The number of alkyl halides is 3. The molecule has 0 aromatic heterocycles. The van der Waals surface area contributed by atoms with Crippen molar-refractivity contribution in [3.05, 3.63) is 35.1 Å². The monoisotopic (exact) mass is 287 g/mol. The average Bonchev–Trinajstić information content (AvgIpc) is 3.13. The highest BCUT2D eigenvalue weighted by molar-refractivity contribution is 5.31. The van der Waals surface area contributed by atoms with Gasteiger partial charge in [0.15, 0.2) is 0 Å². The molecule has 110 valence electrons. The Bertz CT molecular complexity index is 493. The molecule has 0 spiro atoms. The summed E-state index contributed by atoms with van der Waals surface area (Å²) in [5.74, 6) is -0.682. The van der Waals surface area contributed by atoms with Crippen molar-refractivity contribution in [2.45, 2.75) is 43.8 Å². The number of hydrogen-bond acceptors (Lipinski definition) is 1. The highest BCUT2D eigenvalue weighted by Crippen LogP contribution is 2.44. The van der Waals surface area contributed by atoms with Crippen LogP contribution in [0.4, 0.5) is 17.6 Å². The molecule has 0 amide bonds. The molecule has 0 bridgehead atoms. The van der Waals surface area contributed by atoms with Crippen LogP contribution in [0.25, 0.3) is 0 Å². The van der Waals surface area contributed by atoms with Crippen LogP contribution in [-0.2, 0) is 6.18 Å². The normalized spacial score (nSPS) is 26.4. The first-order valence-electron chi connectivity index (χ1n) is 7.05. The molecule has 1 aromatic rings. The van der Waals surface area contributed by atoms with E-state index in [9.17, 15) is 17.6 Å². The molecule has 0 heterocycles. The van der Waals surface area contributed by atoms with E-state index in [1.54, 1.807) is 0 Å². The van der Waals surface area contributed by atoms with Crippen LogP contribution in [0.1, 0.15) is 42.7 Å². The Labute approximate surface area is 115 Å². The fourth-order valence-electron chi connectivity index (χ4n) is 2.85. The summed E-state index contributed by atoms with van der Waals surface area (Å²) in [4.78, 5) is 0. The molecular weight excluding hydrogens is 270 g/mol. The Balaban J connectivity index is 1.72. The summed E-state index contributed by atoms with van der Waals surface area (Å²) in [5, 5.41) is 3.42. The smallest absolute Gasteiger partial charge is 0.314 e. The third-order valence-corrected chi connectivity index (χ3v) is 4.39. The maximum Gasteiger partial charge on any atom is 0.419 e. The zero-order chi connectivity index (χ0) is 14.3. The van der Waals surface area contributed by atoms with Crippen molar-refractivity contribution < 1.29 is 17.6 Å². The zero-order valence-electron chi connectivity index (χ0n) is 11.0. The van der Waals surface area contributed by atoms with Crippen LogP contribution in [0.15, 0.2) is 18.2 Å². The fourth-order valence-corrected chi connectivity index (χ4v) is 2.85. The van der Waals surface area contributed by atoms with Gasteiger partial charge in [0.25, 0.3) is 0 Å². The van der Waals surface area contributed by atoms with Crippen molar-refractivity contribution in [2.24, 2.45) is 5.92 Å². The van der Waals surface area contributed by atoms with E-state index in [1.807, 2.05) is 0 Å². The number of benzene rings is 1. The number of hydrogen-bond donors (Lipinski definition) is 1. The van der Waals surface area contributed by atoms with Crippen LogP contribution in [-0.4, -0.2) is 12.6 Å². The van der Waals surface area contributed by atoms with Gasteiger partial charge >= 0.3 is 6.18 Å². The van der Waals surface area contributed by atoms with Gasteiger partial charge in [-0.2, -0.15) is 13.2 Å². The Morgan fingerprint density at radius 3 is 2.40 bits per heavy atom. The summed E-state index contributed by atoms with van der Waals surface area (Å²) < 4.78 is 51.4. The van der Waals surface area contributed by atoms with Crippen molar-refractivity contribution in [2.75, 3.05) is 6.54 Å². The minimum atomic E-state index is -4.62. The molecule has 2 aliphatic rings. The van der Waals surface area contributed by atoms with Crippen molar-refractivity contribution in [3.63, 3.8) is 0 Å². The summed E-state index contributed by atoms with van der Waals surface area (Å²) >= 11 is 0. The maximum absolute atomic E-state index is 13.3. The van der Waals surface area contributed by atoms with Gasteiger partial charge in [0.05, 0.1) is 5.56 Å². The van der Waals surface area contributed by atoms with E-state index in [-0.39, 0.29) is 5.92 Å². The second-order valence-corrected chi connectivity index (χ2v) is 5.86. The lowest BCUT2D eigenvalue weighted by atomic mass is 9.69. The molecule has 2 saturated carbocycles. The fraction of sp³-hybridized carbons (Fsp3) is 0.600. The van der Waals surface area contributed by atoms with E-state index < -0.39 is 17.6 Å². The minimum Gasteiger partial charge on any atom is -0.314 e. The minimum absolute atomic E-state index is 0.128. The number of nitrogens with one attached hydrogen (secondary N) is 1. The summed E-state index contributed by atoms with van der Waals surface area (Å²) in [7, 11) is 0. The summed E-state index contributed by atoms with van der Waals surface area (Å²) in [6, 6.07) is 4.04. The van der Waals surface area contributed by atoms with Crippen molar-refractivity contribution >= 4 is 0 Å². The first-order valence-corrected chi connectivity index (χ1v) is 7.05. The van der Waals surface area contributed by atoms with Gasteiger partial charge < -0.3 is 5.32 Å².